The number of benzene rings is 1. The summed E-state index contributed by atoms with van der Waals surface area (Å²) < 4.78 is 5.55. The fraction of sp³-hybridized carbons (Fsp3) is 0.227. The molecule has 0 aliphatic heterocycles. The van der Waals surface area contributed by atoms with Crippen LogP contribution in [0.15, 0.2) is 55.0 Å². The molecule has 1 N–H and O–H groups in total. The van der Waals surface area contributed by atoms with Crippen LogP contribution in [0.1, 0.15) is 32.9 Å². The van der Waals surface area contributed by atoms with Gasteiger partial charge in [-0.25, -0.2) is 4.68 Å². The summed E-state index contributed by atoms with van der Waals surface area (Å²) >= 11 is 0. The molecule has 4 rings (SSSR count). The molecule has 0 spiro atoms. The molecule has 0 atom stereocenters. The van der Waals surface area contributed by atoms with Gasteiger partial charge < -0.3 is 9.88 Å². The fourth-order valence-corrected chi connectivity index (χ4v) is 3.54. The molecule has 0 unspecified atom stereocenters. The predicted molar refractivity (Wildman–Crippen MR) is 111 cm³/mol. The van der Waals surface area contributed by atoms with Crippen molar-refractivity contribution >= 4 is 5.91 Å². The lowest BCUT2D eigenvalue weighted by Crippen LogP contribution is -2.24. The fourth-order valence-electron chi connectivity index (χ4n) is 3.54. The molecular weight excluding hydrogens is 364 g/mol. The second kappa shape index (κ2) is 7.43. The summed E-state index contributed by atoms with van der Waals surface area (Å²) in [6.07, 6.45) is 5.45. The van der Waals surface area contributed by atoms with Gasteiger partial charge in [-0.3, -0.25) is 9.48 Å². The molecule has 7 nitrogen and oxygen atoms in total. The van der Waals surface area contributed by atoms with E-state index in [4.69, 9.17) is 0 Å². The molecule has 0 radical (unpaired) electrons. The number of amides is 1. The normalized spacial score (nSPS) is 11.0. The average Bonchev–Trinajstić information content (AvgIpc) is 3.41. The van der Waals surface area contributed by atoms with Crippen molar-refractivity contribution in [3.63, 3.8) is 0 Å². The van der Waals surface area contributed by atoms with Crippen LogP contribution in [0, 0.1) is 20.8 Å². The second-order valence-electron chi connectivity index (χ2n) is 7.13. The van der Waals surface area contributed by atoms with Crippen LogP contribution in [0.4, 0.5) is 0 Å². The molecular formula is C22H24N6O. The van der Waals surface area contributed by atoms with Crippen molar-refractivity contribution in [1.29, 1.82) is 0 Å². The summed E-state index contributed by atoms with van der Waals surface area (Å²) in [5.41, 5.74) is 5.54. The Morgan fingerprint density at radius 3 is 2.45 bits per heavy atom. The van der Waals surface area contributed by atoms with Gasteiger partial charge in [0.15, 0.2) is 5.82 Å². The number of aryl methyl sites for hydroxylation is 3. The third kappa shape index (κ3) is 3.35. The summed E-state index contributed by atoms with van der Waals surface area (Å²) in [5, 5.41) is 12.0. The van der Waals surface area contributed by atoms with Crippen LogP contribution >= 0.6 is 0 Å². The number of hydrogen-bond acceptors (Lipinski definition) is 3. The molecule has 3 heterocycles. The molecule has 3 aromatic heterocycles. The first-order valence-corrected chi connectivity index (χ1v) is 9.52. The number of nitrogens with zero attached hydrogens (tertiary/aromatic N) is 5. The Balaban J connectivity index is 1.70. The van der Waals surface area contributed by atoms with Gasteiger partial charge in [-0.15, -0.1) is 0 Å². The Labute approximate surface area is 169 Å². The van der Waals surface area contributed by atoms with Crippen molar-refractivity contribution in [2.24, 2.45) is 7.05 Å². The highest BCUT2D eigenvalue weighted by molar-refractivity contribution is 5.97. The predicted octanol–water partition coefficient (Wildman–Crippen LogP) is 3.25. The van der Waals surface area contributed by atoms with Gasteiger partial charge >= 0.3 is 0 Å². The number of nitrogens with one attached hydrogen (secondary N) is 1. The number of carbonyl (C=O) groups is 1. The van der Waals surface area contributed by atoms with E-state index < -0.39 is 0 Å². The summed E-state index contributed by atoms with van der Waals surface area (Å²) in [6.45, 7) is 6.41. The monoisotopic (exact) mass is 388 g/mol. The van der Waals surface area contributed by atoms with Crippen LogP contribution in [-0.4, -0.2) is 30.0 Å². The van der Waals surface area contributed by atoms with E-state index in [0.29, 0.717) is 17.9 Å². The topological polar surface area (TPSA) is 69.7 Å². The van der Waals surface area contributed by atoms with Crippen molar-refractivity contribution < 1.29 is 4.79 Å². The minimum Gasteiger partial charge on any atom is -0.348 e. The Kier molecular flexibility index (Phi) is 4.80. The first-order valence-electron chi connectivity index (χ1n) is 9.52. The molecule has 0 saturated carbocycles. The molecule has 29 heavy (non-hydrogen) atoms. The number of rotatable bonds is 5. The van der Waals surface area contributed by atoms with Gasteiger partial charge in [0, 0.05) is 37.2 Å². The maximum absolute atomic E-state index is 13.1. The molecule has 7 heteroatoms. The maximum atomic E-state index is 13.1. The minimum atomic E-state index is -0.170. The third-order valence-corrected chi connectivity index (χ3v) is 5.27. The molecule has 1 aromatic carbocycles. The van der Waals surface area contributed by atoms with Crippen molar-refractivity contribution in [2.45, 2.75) is 27.3 Å². The van der Waals surface area contributed by atoms with Crippen molar-refractivity contribution in [3.8, 4) is 11.5 Å². The smallest absolute Gasteiger partial charge is 0.256 e. The number of hydrogen-bond donors (Lipinski definition) is 1. The quantitative estimate of drug-likeness (QED) is 0.571. The molecule has 0 bridgehead atoms. The summed E-state index contributed by atoms with van der Waals surface area (Å²) in [4.78, 5) is 13.1. The van der Waals surface area contributed by atoms with E-state index in [1.165, 1.54) is 0 Å². The van der Waals surface area contributed by atoms with Gasteiger partial charge in [-0.05, 0) is 44.5 Å². The summed E-state index contributed by atoms with van der Waals surface area (Å²) in [6, 6.07) is 11.9. The van der Waals surface area contributed by atoms with E-state index in [1.807, 2.05) is 90.5 Å². The Morgan fingerprint density at radius 1 is 1.07 bits per heavy atom. The molecule has 0 aliphatic carbocycles. The standard InChI is InChI=1S/C22H24N6O/c1-15-9-5-6-10-20(15)28-22(27-11-7-8-12-27)19(14-24-28)21(29)23-13-18-16(2)25-26(4)17(18)3/h5-12,14H,13H2,1-4H3,(H,23,29). The van der Waals surface area contributed by atoms with Gasteiger partial charge in [0.05, 0.1) is 17.6 Å². The Hall–Kier alpha value is -3.61. The maximum Gasteiger partial charge on any atom is 0.256 e. The Bertz CT molecular complexity index is 1170. The van der Waals surface area contributed by atoms with Crippen LogP contribution in [0.25, 0.3) is 11.5 Å². The number of carbonyl (C=O) groups excluding carboxylic acids is 1. The van der Waals surface area contributed by atoms with Crippen LogP contribution < -0.4 is 5.32 Å². The van der Waals surface area contributed by atoms with Gasteiger partial charge in [0.1, 0.15) is 5.56 Å². The summed E-state index contributed by atoms with van der Waals surface area (Å²) in [7, 11) is 1.91. The number of para-hydroxylation sites is 1. The largest absolute Gasteiger partial charge is 0.348 e. The molecule has 1 amide bonds. The van der Waals surface area contributed by atoms with Crippen LogP contribution in [0.3, 0.4) is 0 Å². The van der Waals surface area contributed by atoms with Gasteiger partial charge in [-0.1, -0.05) is 18.2 Å². The van der Waals surface area contributed by atoms with E-state index in [9.17, 15) is 4.79 Å². The zero-order valence-electron chi connectivity index (χ0n) is 17.0. The van der Waals surface area contributed by atoms with Crippen molar-refractivity contribution in [3.05, 3.63) is 83.1 Å². The molecule has 0 saturated heterocycles. The molecule has 148 valence electrons. The first-order chi connectivity index (χ1) is 14.0. The van der Waals surface area contributed by atoms with Crippen LogP contribution in [0.2, 0.25) is 0 Å². The SMILES string of the molecule is Cc1ccccc1-n1ncc(C(=O)NCc2c(C)nn(C)c2C)c1-n1cccc1. The van der Waals surface area contributed by atoms with Gasteiger partial charge in [-0.2, -0.15) is 10.2 Å². The highest BCUT2D eigenvalue weighted by atomic mass is 16.1. The van der Waals surface area contributed by atoms with E-state index in [2.05, 4.69) is 15.5 Å². The highest BCUT2D eigenvalue weighted by Crippen LogP contribution is 2.22. The lowest BCUT2D eigenvalue weighted by Gasteiger charge is -2.13. The van der Waals surface area contributed by atoms with Crippen molar-refractivity contribution in [1.82, 2.24) is 29.4 Å². The average molecular weight is 388 g/mol. The summed E-state index contributed by atoms with van der Waals surface area (Å²) in [5.74, 6) is 0.539. The van der Waals surface area contributed by atoms with Gasteiger partial charge in [0.25, 0.3) is 5.91 Å². The van der Waals surface area contributed by atoms with E-state index in [1.54, 1.807) is 6.20 Å². The lowest BCUT2D eigenvalue weighted by atomic mass is 10.2. The number of aromatic nitrogens is 5. The van der Waals surface area contributed by atoms with Crippen LogP contribution in [-0.2, 0) is 13.6 Å². The van der Waals surface area contributed by atoms with E-state index in [0.717, 1.165) is 28.2 Å². The van der Waals surface area contributed by atoms with Crippen LogP contribution in [0.5, 0.6) is 0 Å². The van der Waals surface area contributed by atoms with Gasteiger partial charge in [0.2, 0.25) is 0 Å². The molecule has 4 aromatic rings. The zero-order valence-corrected chi connectivity index (χ0v) is 17.0. The first kappa shape index (κ1) is 18.7. The van der Waals surface area contributed by atoms with E-state index >= 15 is 0 Å². The minimum absolute atomic E-state index is 0.170. The van der Waals surface area contributed by atoms with Crippen molar-refractivity contribution in [2.75, 3.05) is 0 Å². The zero-order chi connectivity index (χ0) is 20.5. The van der Waals surface area contributed by atoms with E-state index in [-0.39, 0.29) is 5.91 Å². The lowest BCUT2D eigenvalue weighted by molar-refractivity contribution is 0.0951. The second-order valence-corrected chi connectivity index (χ2v) is 7.13. The Morgan fingerprint density at radius 2 is 1.79 bits per heavy atom. The highest BCUT2D eigenvalue weighted by Gasteiger charge is 2.21. The molecule has 0 aliphatic rings. The third-order valence-electron chi connectivity index (χ3n) is 5.27. The molecule has 0 fully saturated rings.